The van der Waals surface area contributed by atoms with Crippen LogP contribution in [0.3, 0.4) is 0 Å². The van der Waals surface area contributed by atoms with Crippen LogP contribution in [0.5, 0.6) is 5.75 Å². The van der Waals surface area contributed by atoms with E-state index in [1.54, 1.807) is 42.7 Å². The highest BCUT2D eigenvalue weighted by molar-refractivity contribution is 7.99. The minimum Gasteiger partial charge on any atom is -0.494 e. The van der Waals surface area contributed by atoms with Crippen LogP contribution >= 0.6 is 23.4 Å². The van der Waals surface area contributed by atoms with Crippen molar-refractivity contribution in [3.05, 3.63) is 81.9 Å². The third-order valence-corrected chi connectivity index (χ3v) is 5.34. The first-order valence-electron chi connectivity index (χ1n) is 9.02. The molecule has 2 aromatic carbocycles. The Morgan fingerprint density at radius 1 is 1.21 bits per heavy atom. The Morgan fingerprint density at radius 2 is 1.97 bits per heavy atom. The van der Waals surface area contributed by atoms with Gasteiger partial charge in [0.25, 0.3) is 5.56 Å². The molecule has 1 aromatic heterocycles. The Bertz CT molecular complexity index is 1040. The lowest BCUT2D eigenvalue weighted by Gasteiger charge is -2.09. The van der Waals surface area contributed by atoms with Gasteiger partial charge in [0.2, 0.25) is 5.91 Å². The molecule has 0 saturated carbocycles. The fraction of sp³-hybridized carbons (Fsp3) is 0.190. The first kappa shape index (κ1) is 21.0. The zero-order chi connectivity index (χ0) is 20.6. The molecule has 1 N–H and O–H groups in total. The molecule has 6 nitrogen and oxygen atoms in total. The number of halogens is 1. The first-order chi connectivity index (χ1) is 14.1. The summed E-state index contributed by atoms with van der Waals surface area (Å²) in [4.78, 5) is 29.0. The number of hydrogen-bond acceptors (Lipinski definition) is 5. The average Bonchev–Trinajstić information content (AvgIpc) is 2.73. The van der Waals surface area contributed by atoms with Gasteiger partial charge < -0.3 is 10.1 Å². The fourth-order valence-electron chi connectivity index (χ4n) is 2.59. The van der Waals surface area contributed by atoms with Gasteiger partial charge in [-0.2, -0.15) is 0 Å². The normalized spacial score (nSPS) is 10.6. The lowest BCUT2D eigenvalue weighted by Crippen LogP contribution is -2.26. The van der Waals surface area contributed by atoms with Crippen molar-refractivity contribution >= 4 is 29.3 Å². The van der Waals surface area contributed by atoms with Crippen LogP contribution in [0.4, 0.5) is 0 Å². The molecule has 0 aliphatic rings. The van der Waals surface area contributed by atoms with Crippen molar-refractivity contribution in [2.24, 2.45) is 0 Å². The lowest BCUT2D eigenvalue weighted by molar-refractivity contribution is -0.118. The third-order valence-electron chi connectivity index (χ3n) is 4.01. The van der Waals surface area contributed by atoms with Crippen molar-refractivity contribution in [3.63, 3.8) is 0 Å². The second kappa shape index (κ2) is 10.1. The van der Waals surface area contributed by atoms with Crippen LogP contribution in [-0.4, -0.2) is 27.8 Å². The summed E-state index contributed by atoms with van der Waals surface area (Å²) in [5.41, 5.74) is 1.26. The minimum absolute atomic E-state index is 0.0833. The molecular weight excluding hydrogens is 410 g/mol. The standard InChI is InChI=1S/C21H20ClN3O3S/c1-2-28-17-9-7-16(8-10-17)25-12-11-23-20(21(25)27)29-14-19(26)24-13-15-5-3-4-6-18(15)22/h3-12H,2,13-14H2,1H3,(H,24,26). The predicted octanol–water partition coefficient (Wildman–Crippen LogP) is 3.69. The van der Waals surface area contributed by atoms with Crippen molar-refractivity contribution in [1.82, 2.24) is 14.9 Å². The Kier molecular flexibility index (Phi) is 7.32. The van der Waals surface area contributed by atoms with E-state index in [-0.39, 0.29) is 22.2 Å². The molecule has 3 aromatic rings. The number of carbonyl (C=O) groups excluding carboxylic acids is 1. The quantitative estimate of drug-likeness (QED) is 0.553. The van der Waals surface area contributed by atoms with Gasteiger partial charge in [0.1, 0.15) is 5.75 Å². The third kappa shape index (κ3) is 5.62. The molecule has 8 heteroatoms. The Hall–Kier alpha value is -2.77. The summed E-state index contributed by atoms with van der Waals surface area (Å²) in [7, 11) is 0. The van der Waals surface area contributed by atoms with E-state index in [0.717, 1.165) is 23.1 Å². The zero-order valence-electron chi connectivity index (χ0n) is 15.8. The number of thioether (sulfide) groups is 1. The molecule has 0 radical (unpaired) electrons. The molecule has 3 rings (SSSR count). The molecule has 0 bridgehead atoms. The van der Waals surface area contributed by atoms with E-state index in [9.17, 15) is 9.59 Å². The molecule has 0 aliphatic heterocycles. The van der Waals surface area contributed by atoms with E-state index >= 15 is 0 Å². The van der Waals surface area contributed by atoms with Crippen molar-refractivity contribution in [2.45, 2.75) is 18.5 Å². The second-order valence-electron chi connectivity index (χ2n) is 5.99. The number of aromatic nitrogens is 2. The van der Waals surface area contributed by atoms with Crippen molar-refractivity contribution in [1.29, 1.82) is 0 Å². The minimum atomic E-state index is -0.277. The molecule has 0 aliphatic carbocycles. The van der Waals surface area contributed by atoms with Gasteiger partial charge in [-0.15, -0.1) is 0 Å². The van der Waals surface area contributed by atoms with Gasteiger partial charge in [-0.05, 0) is 42.8 Å². The van der Waals surface area contributed by atoms with Crippen LogP contribution in [0.2, 0.25) is 5.02 Å². The highest BCUT2D eigenvalue weighted by atomic mass is 35.5. The van der Waals surface area contributed by atoms with Crippen molar-refractivity contribution in [3.8, 4) is 11.4 Å². The van der Waals surface area contributed by atoms with Gasteiger partial charge in [0.05, 0.1) is 12.4 Å². The van der Waals surface area contributed by atoms with E-state index < -0.39 is 0 Å². The molecule has 0 atom stereocenters. The predicted molar refractivity (Wildman–Crippen MR) is 115 cm³/mol. The SMILES string of the molecule is CCOc1ccc(-n2ccnc(SCC(=O)NCc3ccccc3Cl)c2=O)cc1. The fourth-order valence-corrected chi connectivity index (χ4v) is 3.52. The van der Waals surface area contributed by atoms with Gasteiger partial charge in [0, 0.05) is 29.6 Å². The smallest absolute Gasteiger partial charge is 0.287 e. The summed E-state index contributed by atoms with van der Waals surface area (Å²) >= 11 is 7.19. The van der Waals surface area contributed by atoms with E-state index in [4.69, 9.17) is 16.3 Å². The van der Waals surface area contributed by atoms with Gasteiger partial charge in [-0.1, -0.05) is 41.6 Å². The molecule has 0 unspecified atom stereocenters. The first-order valence-corrected chi connectivity index (χ1v) is 10.4. The van der Waals surface area contributed by atoms with E-state index in [1.165, 1.54) is 4.57 Å². The number of hydrogen-bond donors (Lipinski definition) is 1. The van der Waals surface area contributed by atoms with E-state index in [1.807, 2.05) is 25.1 Å². The Morgan fingerprint density at radius 3 is 2.69 bits per heavy atom. The molecule has 150 valence electrons. The van der Waals surface area contributed by atoms with Crippen LogP contribution in [0, 0.1) is 0 Å². The number of carbonyl (C=O) groups is 1. The summed E-state index contributed by atoms with van der Waals surface area (Å²) in [5, 5.41) is 3.66. The monoisotopic (exact) mass is 429 g/mol. The molecule has 1 amide bonds. The summed E-state index contributed by atoms with van der Waals surface area (Å²) in [6.07, 6.45) is 3.14. The number of amides is 1. The summed E-state index contributed by atoms with van der Waals surface area (Å²) < 4.78 is 6.91. The molecule has 0 fully saturated rings. The van der Waals surface area contributed by atoms with Crippen LogP contribution in [0.15, 0.2) is 70.7 Å². The van der Waals surface area contributed by atoms with Crippen LogP contribution in [0.25, 0.3) is 5.69 Å². The molecule has 0 spiro atoms. The lowest BCUT2D eigenvalue weighted by atomic mass is 10.2. The zero-order valence-corrected chi connectivity index (χ0v) is 17.4. The number of rotatable bonds is 8. The molecule has 1 heterocycles. The Labute approximate surface area is 177 Å². The van der Waals surface area contributed by atoms with Crippen LogP contribution in [-0.2, 0) is 11.3 Å². The van der Waals surface area contributed by atoms with Crippen LogP contribution in [0.1, 0.15) is 12.5 Å². The van der Waals surface area contributed by atoms with E-state index in [2.05, 4.69) is 10.3 Å². The van der Waals surface area contributed by atoms with Gasteiger partial charge in [-0.25, -0.2) is 4.98 Å². The maximum Gasteiger partial charge on any atom is 0.287 e. The number of benzene rings is 2. The van der Waals surface area contributed by atoms with Gasteiger partial charge >= 0.3 is 0 Å². The highest BCUT2D eigenvalue weighted by Crippen LogP contribution is 2.17. The average molecular weight is 430 g/mol. The highest BCUT2D eigenvalue weighted by Gasteiger charge is 2.11. The van der Waals surface area contributed by atoms with Crippen molar-refractivity contribution in [2.75, 3.05) is 12.4 Å². The van der Waals surface area contributed by atoms with Gasteiger partial charge in [0.15, 0.2) is 5.03 Å². The number of ether oxygens (including phenoxy) is 1. The second-order valence-corrected chi connectivity index (χ2v) is 7.36. The van der Waals surface area contributed by atoms with Gasteiger partial charge in [-0.3, -0.25) is 14.2 Å². The summed E-state index contributed by atoms with van der Waals surface area (Å²) in [5.74, 6) is 0.621. The number of nitrogens with one attached hydrogen (secondary N) is 1. The maximum atomic E-state index is 12.7. The Balaban J connectivity index is 1.63. The van der Waals surface area contributed by atoms with Crippen molar-refractivity contribution < 1.29 is 9.53 Å². The van der Waals surface area contributed by atoms with Crippen LogP contribution < -0.4 is 15.6 Å². The maximum absolute atomic E-state index is 12.7. The topological polar surface area (TPSA) is 73.2 Å². The molecule has 0 saturated heterocycles. The van der Waals surface area contributed by atoms with E-state index in [0.29, 0.717) is 23.9 Å². The summed E-state index contributed by atoms with van der Waals surface area (Å²) in [6.45, 7) is 2.82. The number of nitrogens with zero attached hydrogens (tertiary/aromatic N) is 2. The summed E-state index contributed by atoms with van der Waals surface area (Å²) in [6, 6.07) is 14.5. The molecular formula is C21H20ClN3O3S. The largest absolute Gasteiger partial charge is 0.494 e. The molecule has 29 heavy (non-hydrogen) atoms.